The molecular formula is C13H15NO3. The lowest BCUT2D eigenvalue weighted by Crippen LogP contribution is -2.14. The summed E-state index contributed by atoms with van der Waals surface area (Å²) >= 11 is 0. The molecule has 0 unspecified atom stereocenters. The van der Waals surface area contributed by atoms with E-state index in [2.05, 4.69) is 4.99 Å². The molecule has 1 amide bonds. The van der Waals surface area contributed by atoms with Gasteiger partial charge in [0, 0.05) is 6.92 Å². The van der Waals surface area contributed by atoms with E-state index in [0.717, 1.165) is 12.0 Å². The molecule has 0 aromatic heterocycles. The highest BCUT2D eigenvalue weighted by molar-refractivity contribution is 6.37. The van der Waals surface area contributed by atoms with E-state index in [4.69, 9.17) is 5.11 Å². The minimum Gasteiger partial charge on any atom is -0.477 e. The standard InChI is InChI=1S/C13H15NO3/c1-10(15)14-12(13(16)17)9-5-8-11-6-3-2-4-7-11/h2-4,6-7H,5,8-9H2,1H3,(H,16,17). The van der Waals surface area contributed by atoms with Crippen molar-refractivity contribution in [1.82, 2.24) is 0 Å². The Morgan fingerprint density at radius 3 is 2.41 bits per heavy atom. The second-order valence-corrected chi connectivity index (χ2v) is 3.72. The van der Waals surface area contributed by atoms with Crippen LogP contribution < -0.4 is 0 Å². The lowest BCUT2D eigenvalue weighted by molar-refractivity contribution is -0.130. The van der Waals surface area contributed by atoms with Crippen LogP contribution in [0.25, 0.3) is 0 Å². The molecule has 1 aromatic carbocycles. The van der Waals surface area contributed by atoms with Gasteiger partial charge in [-0.2, -0.15) is 0 Å². The first kappa shape index (κ1) is 13.1. The fourth-order valence-corrected chi connectivity index (χ4v) is 1.51. The number of carbonyl (C=O) groups excluding carboxylic acids is 1. The zero-order chi connectivity index (χ0) is 12.7. The Bertz CT molecular complexity index is 424. The number of rotatable bonds is 5. The average Bonchev–Trinajstić information content (AvgIpc) is 2.28. The Balaban J connectivity index is 2.49. The van der Waals surface area contributed by atoms with Gasteiger partial charge in [0.1, 0.15) is 5.71 Å². The van der Waals surface area contributed by atoms with Crippen LogP contribution >= 0.6 is 0 Å². The van der Waals surface area contributed by atoms with Gasteiger partial charge in [-0.3, -0.25) is 4.79 Å². The monoisotopic (exact) mass is 233 g/mol. The lowest BCUT2D eigenvalue weighted by Gasteiger charge is -2.01. The zero-order valence-electron chi connectivity index (χ0n) is 9.72. The van der Waals surface area contributed by atoms with Gasteiger partial charge in [-0.1, -0.05) is 30.3 Å². The Morgan fingerprint density at radius 1 is 1.24 bits per heavy atom. The van der Waals surface area contributed by atoms with Gasteiger partial charge in [0.25, 0.3) is 0 Å². The molecule has 4 nitrogen and oxygen atoms in total. The van der Waals surface area contributed by atoms with E-state index < -0.39 is 11.9 Å². The molecule has 90 valence electrons. The van der Waals surface area contributed by atoms with E-state index in [-0.39, 0.29) is 5.71 Å². The van der Waals surface area contributed by atoms with Crippen LogP contribution in [0.3, 0.4) is 0 Å². The molecule has 17 heavy (non-hydrogen) atoms. The van der Waals surface area contributed by atoms with Crippen LogP contribution in [-0.4, -0.2) is 22.7 Å². The number of aryl methyl sites for hydroxylation is 1. The fourth-order valence-electron chi connectivity index (χ4n) is 1.51. The summed E-state index contributed by atoms with van der Waals surface area (Å²) in [6.07, 6.45) is 1.76. The van der Waals surface area contributed by atoms with Gasteiger partial charge in [-0.25, -0.2) is 9.79 Å². The molecule has 1 N–H and O–H groups in total. The molecule has 1 aromatic rings. The summed E-state index contributed by atoms with van der Waals surface area (Å²) in [4.78, 5) is 25.0. The van der Waals surface area contributed by atoms with E-state index in [1.54, 1.807) is 0 Å². The summed E-state index contributed by atoms with van der Waals surface area (Å²) in [5.41, 5.74) is 1.09. The minimum atomic E-state index is -1.12. The average molecular weight is 233 g/mol. The molecule has 0 saturated carbocycles. The second kappa shape index (κ2) is 6.58. The molecule has 0 fully saturated rings. The van der Waals surface area contributed by atoms with Gasteiger partial charge < -0.3 is 5.11 Å². The van der Waals surface area contributed by atoms with Crippen LogP contribution in [0.2, 0.25) is 0 Å². The fraction of sp³-hybridized carbons (Fsp3) is 0.308. The molecule has 1 rings (SSSR count). The van der Waals surface area contributed by atoms with Gasteiger partial charge in [-0.15, -0.1) is 0 Å². The summed E-state index contributed by atoms with van der Waals surface area (Å²) in [6.45, 7) is 1.25. The molecule has 4 heteroatoms. The molecule has 0 atom stereocenters. The Kier molecular flexibility index (Phi) is 5.07. The number of aliphatic imine (C=N–C) groups is 1. The van der Waals surface area contributed by atoms with Crippen LogP contribution in [0.4, 0.5) is 0 Å². The molecule has 0 saturated heterocycles. The number of amides is 1. The van der Waals surface area contributed by atoms with Gasteiger partial charge in [0.15, 0.2) is 0 Å². The van der Waals surface area contributed by atoms with E-state index in [1.165, 1.54) is 6.92 Å². The third-order valence-corrected chi connectivity index (χ3v) is 2.26. The van der Waals surface area contributed by atoms with Crippen LogP contribution in [0.1, 0.15) is 25.3 Å². The van der Waals surface area contributed by atoms with Gasteiger partial charge in [-0.05, 0) is 24.8 Å². The topological polar surface area (TPSA) is 66.7 Å². The number of nitrogens with zero attached hydrogens (tertiary/aromatic N) is 1. The minimum absolute atomic E-state index is 0.0616. The van der Waals surface area contributed by atoms with Gasteiger partial charge in [0.05, 0.1) is 0 Å². The van der Waals surface area contributed by atoms with Crippen molar-refractivity contribution < 1.29 is 14.7 Å². The van der Waals surface area contributed by atoms with Crippen LogP contribution in [-0.2, 0) is 16.0 Å². The number of hydrogen-bond donors (Lipinski definition) is 1. The number of carbonyl (C=O) groups is 2. The third-order valence-electron chi connectivity index (χ3n) is 2.26. The third kappa shape index (κ3) is 5.06. The summed E-state index contributed by atoms with van der Waals surface area (Å²) in [7, 11) is 0. The number of benzene rings is 1. The van der Waals surface area contributed by atoms with E-state index in [1.807, 2.05) is 30.3 Å². The number of hydrogen-bond acceptors (Lipinski definition) is 2. The van der Waals surface area contributed by atoms with Gasteiger partial charge >= 0.3 is 5.97 Å². The predicted octanol–water partition coefficient (Wildman–Crippen LogP) is 2.08. The predicted molar refractivity (Wildman–Crippen MR) is 65.1 cm³/mol. The maximum Gasteiger partial charge on any atom is 0.350 e. The number of carboxylic acid groups (broad SMARTS) is 1. The highest BCUT2D eigenvalue weighted by Crippen LogP contribution is 2.05. The lowest BCUT2D eigenvalue weighted by atomic mass is 10.1. The Morgan fingerprint density at radius 2 is 1.88 bits per heavy atom. The maximum absolute atomic E-state index is 10.8. The zero-order valence-corrected chi connectivity index (χ0v) is 9.72. The second-order valence-electron chi connectivity index (χ2n) is 3.72. The number of aliphatic carboxylic acids is 1. The first-order valence-electron chi connectivity index (χ1n) is 5.45. The van der Waals surface area contributed by atoms with E-state index in [9.17, 15) is 9.59 Å². The van der Waals surface area contributed by atoms with Crippen molar-refractivity contribution in [2.24, 2.45) is 4.99 Å². The molecule has 0 heterocycles. The van der Waals surface area contributed by atoms with Crippen molar-refractivity contribution in [3.05, 3.63) is 35.9 Å². The highest BCUT2D eigenvalue weighted by Gasteiger charge is 2.09. The first-order valence-corrected chi connectivity index (χ1v) is 5.45. The van der Waals surface area contributed by atoms with Gasteiger partial charge in [0.2, 0.25) is 5.91 Å². The molecule has 0 bridgehead atoms. The summed E-state index contributed by atoms with van der Waals surface area (Å²) in [6, 6.07) is 9.79. The quantitative estimate of drug-likeness (QED) is 0.792. The summed E-state index contributed by atoms with van der Waals surface area (Å²) in [5, 5.41) is 8.84. The molecule has 0 radical (unpaired) electrons. The van der Waals surface area contributed by atoms with E-state index >= 15 is 0 Å². The summed E-state index contributed by atoms with van der Waals surface area (Å²) in [5.74, 6) is -1.59. The van der Waals surface area contributed by atoms with Crippen molar-refractivity contribution in [2.75, 3.05) is 0 Å². The number of carboxylic acids is 1. The van der Waals surface area contributed by atoms with E-state index in [0.29, 0.717) is 12.8 Å². The molecule has 0 aliphatic carbocycles. The Labute approximate surface area is 100.0 Å². The summed E-state index contributed by atoms with van der Waals surface area (Å²) < 4.78 is 0. The van der Waals surface area contributed by atoms with Crippen LogP contribution in [0, 0.1) is 0 Å². The smallest absolute Gasteiger partial charge is 0.350 e. The first-order chi connectivity index (χ1) is 8.09. The maximum atomic E-state index is 10.8. The van der Waals surface area contributed by atoms with Crippen molar-refractivity contribution in [2.45, 2.75) is 26.2 Å². The molecule has 0 aliphatic rings. The van der Waals surface area contributed by atoms with Crippen LogP contribution in [0.5, 0.6) is 0 Å². The van der Waals surface area contributed by atoms with Crippen molar-refractivity contribution >= 4 is 17.6 Å². The SMILES string of the molecule is CC(=O)N=C(CCCc1ccccc1)C(=O)O. The highest BCUT2D eigenvalue weighted by atomic mass is 16.4. The van der Waals surface area contributed by atoms with Crippen molar-refractivity contribution in [3.8, 4) is 0 Å². The molecule has 0 spiro atoms. The molecular weight excluding hydrogens is 218 g/mol. The van der Waals surface area contributed by atoms with Crippen molar-refractivity contribution in [1.29, 1.82) is 0 Å². The Hall–Kier alpha value is -1.97. The largest absolute Gasteiger partial charge is 0.477 e. The van der Waals surface area contributed by atoms with Crippen LogP contribution in [0.15, 0.2) is 35.3 Å². The van der Waals surface area contributed by atoms with Crippen molar-refractivity contribution in [3.63, 3.8) is 0 Å². The molecule has 0 aliphatic heterocycles. The normalized spacial score (nSPS) is 11.2.